The Balaban J connectivity index is 1.58. The topological polar surface area (TPSA) is 56.1 Å². The number of hydrogen-bond donors (Lipinski definition) is 1. The zero-order valence-electron chi connectivity index (χ0n) is 16.6. The summed E-state index contributed by atoms with van der Waals surface area (Å²) in [6.07, 6.45) is 0. The van der Waals surface area contributed by atoms with Crippen LogP contribution >= 0.6 is 23.4 Å². The summed E-state index contributed by atoms with van der Waals surface area (Å²) in [6.45, 7) is 1.96. The number of anilines is 1. The molecule has 1 aromatic heterocycles. The second kappa shape index (κ2) is 8.81. The molecule has 1 amide bonds. The van der Waals surface area contributed by atoms with Gasteiger partial charge in [-0.1, -0.05) is 41.6 Å². The lowest BCUT2D eigenvalue weighted by Crippen LogP contribution is -2.14. The summed E-state index contributed by atoms with van der Waals surface area (Å²) < 4.78 is 7.31. The molecule has 0 aliphatic heterocycles. The molecule has 0 radical (unpaired) electrons. The van der Waals surface area contributed by atoms with Gasteiger partial charge in [-0.3, -0.25) is 9.36 Å². The first-order chi connectivity index (χ1) is 14.5. The Morgan fingerprint density at radius 1 is 1.13 bits per heavy atom. The first kappa shape index (κ1) is 20.3. The number of methoxy groups -OCH3 is 1. The third-order valence-electron chi connectivity index (χ3n) is 4.59. The molecule has 1 N–H and O–H groups in total. The monoisotopic (exact) mass is 437 g/mol. The highest BCUT2D eigenvalue weighted by atomic mass is 35.5. The van der Waals surface area contributed by atoms with Crippen molar-refractivity contribution in [2.24, 2.45) is 0 Å². The third-order valence-corrected chi connectivity index (χ3v) is 5.84. The Hall–Kier alpha value is -2.96. The van der Waals surface area contributed by atoms with Crippen LogP contribution in [0.4, 0.5) is 5.69 Å². The number of halogens is 1. The standard InChI is InChI=1S/C23H20ClN3O2S/c1-15-7-12-19(18(24)13-15)25-22(28)14-30-23-26-20-5-3-4-6-21(20)27(23)16-8-10-17(29-2)11-9-16/h3-13H,14H2,1-2H3,(H,25,28). The van der Waals surface area contributed by atoms with Crippen molar-refractivity contribution in [3.8, 4) is 11.4 Å². The van der Waals surface area contributed by atoms with Gasteiger partial charge < -0.3 is 10.1 Å². The highest BCUT2D eigenvalue weighted by Gasteiger charge is 2.15. The van der Waals surface area contributed by atoms with E-state index in [9.17, 15) is 4.79 Å². The van der Waals surface area contributed by atoms with Crippen molar-refractivity contribution in [1.29, 1.82) is 0 Å². The van der Waals surface area contributed by atoms with Crippen LogP contribution in [-0.4, -0.2) is 28.3 Å². The van der Waals surface area contributed by atoms with E-state index in [2.05, 4.69) is 5.32 Å². The summed E-state index contributed by atoms with van der Waals surface area (Å²) in [5, 5.41) is 4.14. The zero-order valence-corrected chi connectivity index (χ0v) is 18.1. The molecule has 4 aromatic rings. The molecule has 7 heteroatoms. The predicted octanol–water partition coefficient (Wildman–Crippen LogP) is 5.73. The number of hydrogen-bond acceptors (Lipinski definition) is 4. The molecule has 0 fully saturated rings. The lowest BCUT2D eigenvalue weighted by atomic mass is 10.2. The Morgan fingerprint density at radius 3 is 2.63 bits per heavy atom. The van der Waals surface area contributed by atoms with Crippen LogP contribution in [0, 0.1) is 6.92 Å². The number of carbonyl (C=O) groups is 1. The Bertz CT molecular complexity index is 1210. The minimum atomic E-state index is -0.140. The lowest BCUT2D eigenvalue weighted by molar-refractivity contribution is -0.113. The van der Waals surface area contributed by atoms with Crippen molar-refractivity contribution < 1.29 is 9.53 Å². The van der Waals surface area contributed by atoms with Crippen molar-refractivity contribution in [3.63, 3.8) is 0 Å². The van der Waals surface area contributed by atoms with Crippen LogP contribution in [0.2, 0.25) is 5.02 Å². The minimum absolute atomic E-state index is 0.140. The van der Waals surface area contributed by atoms with Gasteiger partial charge in [-0.2, -0.15) is 0 Å². The predicted molar refractivity (Wildman–Crippen MR) is 123 cm³/mol. The van der Waals surface area contributed by atoms with Gasteiger partial charge in [0.25, 0.3) is 0 Å². The van der Waals surface area contributed by atoms with E-state index >= 15 is 0 Å². The normalized spacial score (nSPS) is 10.9. The smallest absolute Gasteiger partial charge is 0.234 e. The second-order valence-corrected chi connectivity index (χ2v) is 8.09. The SMILES string of the molecule is COc1ccc(-n2c(SCC(=O)Nc3ccc(C)cc3Cl)nc3ccccc32)cc1. The number of carbonyl (C=O) groups excluding carboxylic acids is 1. The number of fused-ring (bicyclic) bond motifs is 1. The van der Waals surface area contributed by atoms with Crippen molar-refractivity contribution in [3.05, 3.63) is 77.3 Å². The number of amides is 1. The molecule has 0 saturated carbocycles. The van der Waals surface area contributed by atoms with Crippen LogP contribution in [0.25, 0.3) is 16.7 Å². The molecule has 0 saturated heterocycles. The van der Waals surface area contributed by atoms with Crippen LogP contribution in [0.15, 0.2) is 71.9 Å². The number of para-hydroxylation sites is 2. The van der Waals surface area contributed by atoms with Gasteiger partial charge in [0.2, 0.25) is 5.91 Å². The summed E-state index contributed by atoms with van der Waals surface area (Å²) in [7, 11) is 1.64. The molecule has 152 valence electrons. The summed E-state index contributed by atoms with van der Waals surface area (Å²) in [5.74, 6) is 0.856. The molecule has 0 aliphatic rings. The second-order valence-electron chi connectivity index (χ2n) is 6.74. The van der Waals surface area contributed by atoms with Crippen molar-refractivity contribution in [2.75, 3.05) is 18.2 Å². The Labute approximate surface area is 184 Å². The first-order valence-corrected chi connectivity index (χ1v) is 10.7. The largest absolute Gasteiger partial charge is 0.497 e. The number of nitrogens with one attached hydrogen (secondary N) is 1. The molecule has 0 bridgehead atoms. The number of thioether (sulfide) groups is 1. The van der Waals surface area contributed by atoms with Crippen molar-refractivity contribution in [1.82, 2.24) is 9.55 Å². The Kier molecular flexibility index (Phi) is 5.97. The van der Waals surface area contributed by atoms with Gasteiger partial charge in [-0.15, -0.1) is 0 Å². The molecule has 0 atom stereocenters. The third kappa shape index (κ3) is 4.30. The number of imidazole rings is 1. The first-order valence-electron chi connectivity index (χ1n) is 9.36. The molecule has 0 aliphatic carbocycles. The fraction of sp³-hybridized carbons (Fsp3) is 0.130. The number of rotatable bonds is 6. The molecule has 0 unspecified atom stereocenters. The van der Waals surface area contributed by atoms with E-state index in [1.165, 1.54) is 11.8 Å². The quantitative estimate of drug-likeness (QED) is 0.391. The van der Waals surface area contributed by atoms with E-state index in [4.69, 9.17) is 21.3 Å². The molecule has 5 nitrogen and oxygen atoms in total. The average Bonchev–Trinajstić information content (AvgIpc) is 3.13. The van der Waals surface area contributed by atoms with Crippen molar-refractivity contribution >= 4 is 46.0 Å². The van der Waals surface area contributed by atoms with Crippen LogP contribution in [0.1, 0.15) is 5.56 Å². The van der Waals surface area contributed by atoms with E-state index in [-0.39, 0.29) is 11.7 Å². The number of nitrogens with zero attached hydrogens (tertiary/aromatic N) is 2. The zero-order chi connectivity index (χ0) is 21.1. The van der Waals surface area contributed by atoms with Gasteiger partial charge in [-0.05, 0) is 61.0 Å². The maximum atomic E-state index is 12.5. The van der Waals surface area contributed by atoms with Gasteiger partial charge in [0.05, 0.1) is 34.6 Å². The maximum Gasteiger partial charge on any atom is 0.234 e. The molecular weight excluding hydrogens is 418 g/mol. The van der Waals surface area contributed by atoms with E-state index in [1.54, 1.807) is 7.11 Å². The van der Waals surface area contributed by atoms with Crippen LogP contribution in [-0.2, 0) is 4.79 Å². The number of ether oxygens (including phenoxy) is 1. The van der Waals surface area contributed by atoms with Gasteiger partial charge in [-0.25, -0.2) is 4.98 Å². The fourth-order valence-corrected chi connectivity index (χ4v) is 4.23. The van der Waals surface area contributed by atoms with E-state index in [1.807, 2.05) is 78.2 Å². The van der Waals surface area contributed by atoms with Gasteiger partial charge in [0, 0.05) is 5.69 Å². The number of aromatic nitrogens is 2. The van der Waals surface area contributed by atoms with Crippen LogP contribution in [0.3, 0.4) is 0 Å². The van der Waals surface area contributed by atoms with E-state index < -0.39 is 0 Å². The molecule has 1 heterocycles. The molecular formula is C23H20ClN3O2S. The number of benzene rings is 3. The van der Waals surface area contributed by atoms with E-state index in [0.717, 1.165) is 33.2 Å². The lowest BCUT2D eigenvalue weighted by Gasteiger charge is -2.11. The van der Waals surface area contributed by atoms with Gasteiger partial charge in [0.15, 0.2) is 5.16 Å². The van der Waals surface area contributed by atoms with Crippen molar-refractivity contribution in [2.45, 2.75) is 12.1 Å². The van der Waals surface area contributed by atoms with Gasteiger partial charge >= 0.3 is 0 Å². The molecule has 4 rings (SSSR count). The highest BCUT2D eigenvalue weighted by molar-refractivity contribution is 7.99. The Morgan fingerprint density at radius 2 is 1.90 bits per heavy atom. The summed E-state index contributed by atoms with van der Waals surface area (Å²) in [6, 6.07) is 21.2. The van der Waals surface area contributed by atoms with Crippen LogP contribution in [0.5, 0.6) is 5.75 Å². The maximum absolute atomic E-state index is 12.5. The molecule has 0 spiro atoms. The minimum Gasteiger partial charge on any atom is -0.497 e. The van der Waals surface area contributed by atoms with Gasteiger partial charge in [0.1, 0.15) is 5.75 Å². The average molecular weight is 438 g/mol. The number of aryl methyl sites for hydroxylation is 1. The van der Waals surface area contributed by atoms with E-state index in [0.29, 0.717) is 10.7 Å². The summed E-state index contributed by atoms with van der Waals surface area (Å²) >= 11 is 7.61. The summed E-state index contributed by atoms with van der Waals surface area (Å²) in [5.41, 5.74) is 4.45. The fourth-order valence-electron chi connectivity index (χ4n) is 3.12. The summed E-state index contributed by atoms with van der Waals surface area (Å²) in [4.78, 5) is 17.3. The highest BCUT2D eigenvalue weighted by Crippen LogP contribution is 2.29. The van der Waals surface area contributed by atoms with Crippen LogP contribution < -0.4 is 10.1 Å². The molecule has 30 heavy (non-hydrogen) atoms. The molecule has 3 aromatic carbocycles.